The smallest absolute Gasteiger partial charge is 0.305 e. The molecule has 5 heterocycles. The van der Waals surface area contributed by atoms with Crippen molar-refractivity contribution in [3.63, 3.8) is 0 Å². The van der Waals surface area contributed by atoms with Crippen molar-refractivity contribution in [3.05, 3.63) is 78.0 Å². The van der Waals surface area contributed by atoms with E-state index in [-0.39, 0.29) is 6.42 Å². The Bertz CT molecular complexity index is 1600. The molecule has 10 nitrogen and oxygen atoms in total. The molecule has 186 valence electrons. The van der Waals surface area contributed by atoms with Crippen LogP contribution in [0.1, 0.15) is 35.7 Å². The van der Waals surface area contributed by atoms with Crippen molar-refractivity contribution in [2.24, 2.45) is 0 Å². The minimum atomic E-state index is -0.932. The van der Waals surface area contributed by atoms with Crippen molar-refractivity contribution in [1.82, 2.24) is 29.7 Å². The average Bonchev–Trinajstić information content (AvgIpc) is 3.34. The van der Waals surface area contributed by atoms with Crippen LogP contribution in [-0.2, 0) is 17.6 Å². The minimum absolute atomic E-state index is 0.148. The molecule has 6 rings (SSSR count). The number of rotatable bonds is 8. The van der Waals surface area contributed by atoms with Crippen LogP contribution in [0.25, 0.3) is 22.1 Å². The van der Waals surface area contributed by atoms with Crippen LogP contribution in [0.3, 0.4) is 0 Å². The average molecular weight is 496 g/mol. The Labute approximate surface area is 212 Å². The van der Waals surface area contributed by atoms with Crippen molar-refractivity contribution in [2.75, 3.05) is 18.5 Å². The number of benzene rings is 1. The molecular weight excluding hydrogens is 470 g/mol. The highest BCUT2D eigenvalue weighted by Gasteiger charge is 2.22. The van der Waals surface area contributed by atoms with E-state index in [1.165, 1.54) is 5.56 Å². The second kappa shape index (κ2) is 9.81. The van der Waals surface area contributed by atoms with E-state index in [1.807, 2.05) is 24.3 Å². The molecule has 0 unspecified atom stereocenters. The Kier molecular flexibility index (Phi) is 6.05. The molecule has 1 aliphatic heterocycles. The number of hydrogen-bond acceptors (Lipinski definition) is 8. The van der Waals surface area contributed by atoms with Crippen LogP contribution in [0, 0.1) is 0 Å². The van der Waals surface area contributed by atoms with Gasteiger partial charge in [0.1, 0.15) is 17.1 Å². The van der Waals surface area contributed by atoms with Gasteiger partial charge in [-0.25, -0.2) is 15.0 Å². The van der Waals surface area contributed by atoms with E-state index in [0.717, 1.165) is 47.6 Å². The van der Waals surface area contributed by atoms with Gasteiger partial charge in [-0.15, -0.1) is 0 Å². The van der Waals surface area contributed by atoms with Gasteiger partial charge in [-0.2, -0.15) is 5.10 Å². The maximum absolute atomic E-state index is 11.7. The lowest BCUT2D eigenvalue weighted by atomic mass is 10.1. The molecule has 5 aromatic rings. The zero-order valence-corrected chi connectivity index (χ0v) is 20.0. The molecule has 0 saturated heterocycles. The molecule has 1 aliphatic rings. The molecule has 4 aromatic heterocycles. The van der Waals surface area contributed by atoms with Gasteiger partial charge in [0.25, 0.3) is 0 Å². The van der Waals surface area contributed by atoms with E-state index >= 15 is 0 Å². The first-order valence-electron chi connectivity index (χ1n) is 12.3. The quantitative estimate of drug-likeness (QED) is 0.330. The molecule has 0 aliphatic carbocycles. The summed E-state index contributed by atoms with van der Waals surface area (Å²) in [6, 6.07) is 11.2. The predicted molar refractivity (Wildman–Crippen MR) is 138 cm³/mol. The number of anilines is 1. The number of nitrogens with zero attached hydrogens (tertiary/aromatic N) is 6. The molecule has 1 aromatic carbocycles. The highest BCUT2D eigenvalue weighted by Crippen LogP contribution is 2.29. The lowest BCUT2D eigenvalue weighted by molar-refractivity contribution is -0.137. The van der Waals surface area contributed by atoms with Gasteiger partial charge in [-0.05, 0) is 54.3 Å². The zero-order chi connectivity index (χ0) is 25.2. The van der Waals surface area contributed by atoms with Gasteiger partial charge in [0, 0.05) is 42.6 Å². The van der Waals surface area contributed by atoms with Crippen LogP contribution in [0.4, 0.5) is 5.82 Å². The summed E-state index contributed by atoms with van der Waals surface area (Å²) in [4.78, 5) is 29.3. The van der Waals surface area contributed by atoms with Crippen molar-refractivity contribution in [1.29, 1.82) is 0 Å². The third kappa shape index (κ3) is 4.77. The van der Waals surface area contributed by atoms with Gasteiger partial charge in [-0.1, -0.05) is 6.07 Å². The minimum Gasteiger partial charge on any atom is -0.493 e. The summed E-state index contributed by atoms with van der Waals surface area (Å²) < 4.78 is 7.73. The third-order valence-corrected chi connectivity index (χ3v) is 6.54. The monoisotopic (exact) mass is 495 g/mol. The van der Waals surface area contributed by atoms with Gasteiger partial charge >= 0.3 is 5.97 Å². The zero-order valence-electron chi connectivity index (χ0n) is 20.0. The van der Waals surface area contributed by atoms with Gasteiger partial charge in [0.2, 0.25) is 0 Å². The van der Waals surface area contributed by atoms with Crippen LogP contribution in [0.5, 0.6) is 5.75 Å². The molecular formula is C27H25N7O3. The van der Waals surface area contributed by atoms with Crippen LogP contribution >= 0.6 is 0 Å². The van der Waals surface area contributed by atoms with Gasteiger partial charge < -0.3 is 15.2 Å². The number of carboxylic acids is 1. The van der Waals surface area contributed by atoms with E-state index in [2.05, 4.69) is 37.5 Å². The summed E-state index contributed by atoms with van der Waals surface area (Å²) >= 11 is 0. The largest absolute Gasteiger partial charge is 0.493 e. The molecule has 37 heavy (non-hydrogen) atoms. The van der Waals surface area contributed by atoms with Crippen LogP contribution in [0.2, 0.25) is 0 Å². The molecule has 1 atom stereocenters. The van der Waals surface area contributed by atoms with E-state index < -0.39 is 12.0 Å². The van der Waals surface area contributed by atoms with Crippen molar-refractivity contribution in [3.8, 4) is 5.75 Å². The van der Waals surface area contributed by atoms with Crippen LogP contribution in [0.15, 0.2) is 61.2 Å². The summed E-state index contributed by atoms with van der Waals surface area (Å²) in [7, 11) is 0. The number of carboxylic acid groups (broad SMARTS) is 1. The Morgan fingerprint density at radius 1 is 1.11 bits per heavy atom. The lowest BCUT2D eigenvalue weighted by Crippen LogP contribution is -2.16. The summed E-state index contributed by atoms with van der Waals surface area (Å²) in [5.74, 6) is 0.779. The summed E-state index contributed by atoms with van der Waals surface area (Å²) in [6.07, 6.45) is 9.28. The Hall–Kier alpha value is -4.60. The maximum Gasteiger partial charge on any atom is 0.305 e. The number of fused-ring (bicyclic) bond motifs is 3. The maximum atomic E-state index is 11.7. The van der Waals surface area contributed by atoms with Crippen molar-refractivity contribution < 1.29 is 14.6 Å². The first-order valence-corrected chi connectivity index (χ1v) is 12.3. The Morgan fingerprint density at radius 2 is 2.03 bits per heavy atom. The molecule has 0 bridgehead atoms. The number of ether oxygens (including phenoxy) is 1. The fourth-order valence-corrected chi connectivity index (χ4v) is 4.72. The Morgan fingerprint density at radius 3 is 2.95 bits per heavy atom. The molecule has 0 amide bonds. The van der Waals surface area contributed by atoms with Crippen LogP contribution < -0.4 is 10.1 Å². The van der Waals surface area contributed by atoms with E-state index in [4.69, 9.17) is 9.72 Å². The third-order valence-electron chi connectivity index (χ3n) is 6.54. The number of pyridine rings is 2. The molecule has 0 saturated carbocycles. The highest BCUT2D eigenvalue weighted by molar-refractivity contribution is 5.81. The van der Waals surface area contributed by atoms with E-state index in [0.29, 0.717) is 29.8 Å². The van der Waals surface area contributed by atoms with Crippen molar-refractivity contribution in [2.45, 2.75) is 31.7 Å². The SMILES string of the molecule is O=C(O)C[C@H](c1cnc2nccnc2c1)n1ncc2cc(OCCc3ccc4c(n3)NCCC4)ccc21. The van der Waals surface area contributed by atoms with Crippen LogP contribution in [-0.4, -0.2) is 53.9 Å². The second-order valence-corrected chi connectivity index (χ2v) is 9.03. The number of carbonyl (C=O) groups is 1. The number of aromatic nitrogens is 6. The number of hydrogen-bond donors (Lipinski definition) is 2. The molecule has 10 heteroatoms. The molecule has 0 fully saturated rings. The van der Waals surface area contributed by atoms with Gasteiger partial charge in [0.15, 0.2) is 5.65 Å². The number of nitrogens with one attached hydrogen (secondary N) is 1. The number of aryl methyl sites for hydroxylation is 1. The Balaban J connectivity index is 1.21. The number of aliphatic carboxylic acids is 1. The lowest BCUT2D eigenvalue weighted by Gasteiger charge is -2.18. The van der Waals surface area contributed by atoms with Gasteiger partial charge in [0.05, 0.1) is 30.8 Å². The van der Waals surface area contributed by atoms with Crippen molar-refractivity contribution >= 4 is 33.9 Å². The standard InChI is InChI=1S/C27H25N7O3/c35-25(36)14-24(19-13-22-27(31-15-19)30-10-9-28-22)34-23-6-5-21(12-18(23)16-32-34)37-11-7-20-4-3-17-2-1-8-29-26(17)33-20/h3-6,9-10,12-13,15-16,24H,1-2,7-8,11,14H2,(H,29,33)(H,35,36)/t24-/m1/s1. The highest BCUT2D eigenvalue weighted by atomic mass is 16.5. The molecule has 0 spiro atoms. The normalized spacial score (nSPS) is 13.7. The first-order chi connectivity index (χ1) is 18.1. The van der Waals surface area contributed by atoms with E-state index in [9.17, 15) is 9.90 Å². The predicted octanol–water partition coefficient (Wildman–Crippen LogP) is 3.81. The first kappa shape index (κ1) is 22.8. The van der Waals surface area contributed by atoms with Gasteiger partial charge in [-0.3, -0.25) is 14.5 Å². The second-order valence-electron chi connectivity index (χ2n) is 9.03. The molecule has 0 radical (unpaired) electrons. The molecule has 2 N–H and O–H groups in total. The van der Waals surface area contributed by atoms with E-state index in [1.54, 1.807) is 29.5 Å². The summed E-state index contributed by atoms with van der Waals surface area (Å²) in [5, 5.41) is 18.4. The fraction of sp³-hybridized carbons (Fsp3) is 0.259. The summed E-state index contributed by atoms with van der Waals surface area (Å²) in [5.41, 5.74) is 4.88. The summed E-state index contributed by atoms with van der Waals surface area (Å²) in [6.45, 7) is 1.46. The topological polar surface area (TPSA) is 128 Å². The fourth-order valence-electron chi connectivity index (χ4n) is 4.72.